The van der Waals surface area contributed by atoms with Crippen molar-refractivity contribution in [2.45, 2.75) is 6.42 Å². The Bertz CT molecular complexity index is 358. The molecule has 0 saturated carbocycles. The number of ether oxygens (including phenoxy) is 2. The predicted octanol–water partition coefficient (Wildman–Crippen LogP) is 0.836. The van der Waals surface area contributed by atoms with Crippen LogP contribution in [-0.4, -0.2) is 31.0 Å². The molecule has 0 N–H and O–H groups in total. The molecule has 0 unspecified atom stereocenters. The Kier molecular flexibility index (Phi) is 3.79. The van der Waals surface area contributed by atoms with E-state index in [1.807, 2.05) is 0 Å². The normalized spacial score (nSPS) is 9.47. The van der Waals surface area contributed by atoms with Gasteiger partial charge in [-0.25, -0.2) is 4.98 Å². The third-order valence-corrected chi connectivity index (χ3v) is 1.80. The quantitative estimate of drug-likeness (QED) is 0.417. The fraction of sp³-hybridized carbons (Fsp3) is 0.300. The second-order valence-electron chi connectivity index (χ2n) is 2.77. The number of hydrogen-bond acceptors (Lipinski definition) is 5. The number of esters is 1. The summed E-state index contributed by atoms with van der Waals surface area (Å²) >= 11 is 0. The Morgan fingerprint density at radius 3 is 2.53 bits per heavy atom. The van der Waals surface area contributed by atoms with Crippen LogP contribution in [-0.2, 0) is 9.53 Å². The summed E-state index contributed by atoms with van der Waals surface area (Å²) in [5.74, 6) is -0.461. The van der Waals surface area contributed by atoms with E-state index in [1.54, 1.807) is 12.1 Å². The summed E-state index contributed by atoms with van der Waals surface area (Å²) in [5.41, 5.74) is 0.362. The van der Waals surface area contributed by atoms with E-state index in [9.17, 15) is 9.59 Å². The molecule has 80 valence electrons. The van der Waals surface area contributed by atoms with Gasteiger partial charge in [0.2, 0.25) is 5.88 Å². The Hall–Kier alpha value is -1.91. The SMILES string of the molecule is COC(=O)CC(=O)c1ccc(OC)nc1. The van der Waals surface area contributed by atoms with Gasteiger partial charge in [-0.05, 0) is 6.07 Å². The zero-order valence-electron chi connectivity index (χ0n) is 8.52. The third kappa shape index (κ3) is 3.05. The van der Waals surface area contributed by atoms with Crippen molar-refractivity contribution in [3.05, 3.63) is 23.9 Å². The summed E-state index contributed by atoms with van der Waals surface area (Å²) in [7, 11) is 2.72. The molecule has 1 aromatic heterocycles. The predicted molar refractivity (Wildman–Crippen MR) is 51.8 cm³/mol. The largest absolute Gasteiger partial charge is 0.481 e. The number of pyridine rings is 1. The summed E-state index contributed by atoms with van der Waals surface area (Å²) in [5, 5.41) is 0. The van der Waals surface area contributed by atoms with Crippen molar-refractivity contribution in [2.24, 2.45) is 0 Å². The van der Waals surface area contributed by atoms with Gasteiger partial charge in [-0.1, -0.05) is 0 Å². The Labute approximate surface area is 87.0 Å². The zero-order chi connectivity index (χ0) is 11.3. The number of aromatic nitrogens is 1. The van der Waals surface area contributed by atoms with Gasteiger partial charge in [-0.3, -0.25) is 9.59 Å². The van der Waals surface area contributed by atoms with Crippen LogP contribution in [0.1, 0.15) is 16.8 Å². The van der Waals surface area contributed by atoms with Gasteiger partial charge in [-0.2, -0.15) is 0 Å². The Morgan fingerprint density at radius 1 is 1.33 bits per heavy atom. The minimum Gasteiger partial charge on any atom is -0.481 e. The highest BCUT2D eigenvalue weighted by molar-refractivity contribution is 6.05. The molecule has 15 heavy (non-hydrogen) atoms. The molecule has 1 rings (SSSR count). The fourth-order valence-corrected chi connectivity index (χ4v) is 0.971. The lowest BCUT2D eigenvalue weighted by atomic mass is 10.1. The van der Waals surface area contributed by atoms with Gasteiger partial charge >= 0.3 is 5.97 Å². The van der Waals surface area contributed by atoms with E-state index < -0.39 is 5.97 Å². The molecule has 0 bridgehead atoms. The van der Waals surface area contributed by atoms with Crippen LogP contribution in [0.3, 0.4) is 0 Å². The summed E-state index contributed by atoms with van der Waals surface area (Å²) < 4.78 is 9.22. The lowest BCUT2D eigenvalue weighted by Gasteiger charge is -2.01. The minimum atomic E-state index is -0.559. The van der Waals surface area contributed by atoms with Gasteiger partial charge in [0.15, 0.2) is 5.78 Å². The van der Waals surface area contributed by atoms with E-state index in [1.165, 1.54) is 20.4 Å². The van der Waals surface area contributed by atoms with Crippen LogP contribution in [0.15, 0.2) is 18.3 Å². The molecule has 0 aliphatic rings. The standard InChI is InChI=1S/C10H11NO4/c1-14-9-4-3-7(6-11-9)8(12)5-10(13)15-2/h3-4,6H,5H2,1-2H3. The number of ketones is 1. The summed E-state index contributed by atoms with van der Waals surface area (Å²) in [4.78, 5) is 26.1. The first kappa shape index (κ1) is 11.2. The molecule has 0 atom stereocenters. The first-order valence-electron chi connectivity index (χ1n) is 4.27. The molecule has 0 aliphatic heterocycles. The second-order valence-corrected chi connectivity index (χ2v) is 2.77. The lowest BCUT2D eigenvalue weighted by molar-refractivity contribution is -0.139. The molecule has 0 spiro atoms. The average Bonchev–Trinajstić information content (AvgIpc) is 2.29. The van der Waals surface area contributed by atoms with E-state index in [-0.39, 0.29) is 12.2 Å². The number of Topliss-reactive ketones (excluding diaryl/α,β-unsaturated/α-hetero) is 1. The summed E-state index contributed by atoms with van der Waals surface area (Å²) in [6, 6.07) is 3.11. The van der Waals surface area contributed by atoms with E-state index in [4.69, 9.17) is 4.74 Å². The van der Waals surface area contributed by atoms with Crippen LogP contribution in [0.5, 0.6) is 5.88 Å². The molecule has 0 aromatic carbocycles. The topological polar surface area (TPSA) is 65.5 Å². The van der Waals surface area contributed by atoms with Crippen molar-refractivity contribution >= 4 is 11.8 Å². The molecular weight excluding hydrogens is 198 g/mol. The van der Waals surface area contributed by atoms with Crippen molar-refractivity contribution in [3.8, 4) is 5.88 Å². The third-order valence-electron chi connectivity index (χ3n) is 1.80. The summed E-state index contributed by atoms with van der Waals surface area (Å²) in [6.45, 7) is 0. The van der Waals surface area contributed by atoms with Gasteiger partial charge in [0, 0.05) is 17.8 Å². The molecule has 0 fully saturated rings. The number of carbonyl (C=O) groups is 2. The molecule has 1 heterocycles. The number of rotatable bonds is 4. The van der Waals surface area contributed by atoms with Crippen LogP contribution in [0, 0.1) is 0 Å². The van der Waals surface area contributed by atoms with E-state index in [0.717, 1.165) is 0 Å². The molecule has 0 radical (unpaired) electrons. The molecule has 5 heteroatoms. The Balaban J connectivity index is 2.70. The smallest absolute Gasteiger partial charge is 0.313 e. The van der Waals surface area contributed by atoms with E-state index in [2.05, 4.69) is 9.72 Å². The first-order chi connectivity index (χ1) is 7.17. The maximum absolute atomic E-state index is 11.4. The number of methoxy groups -OCH3 is 2. The van der Waals surface area contributed by atoms with Crippen LogP contribution in [0.25, 0.3) is 0 Å². The highest BCUT2D eigenvalue weighted by Crippen LogP contribution is 2.08. The number of hydrogen-bond donors (Lipinski definition) is 0. The molecule has 0 aliphatic carbocycles. The number of carbonyl (C=O) groups excluding carboxylic acids is 2. The lowest BCUT2D eigenvalue weighted by Crippen LogP contribution is -2.09. The van der Waals surface area contributed by atoms with E-state index in [0.29, 0.717) is 11.4 Å². The monoisotopic (exact) mass is 209 g/mol. The highest BCUT2D eigenvalue weighted by atomic mass is 16.5. The van der Waals surface area contributed by atoms with Crippen molar-refractivity contribution in [1.29, 1.82) is 0 Å². The average molecular weight is 209 g/mol. The molecule has 0 saturated heterocycles. The zero-order valence-corrected chi connectivity index (χ0v) is 8.52. The van der Waals surface area contributed by atoms with Crippen molar-refractivity contribution < 1.29 is 19.1 Å². The summed E-state index contributed by atoms with van der Waals surface area (Å²) in [6.07, 6.45) is 1.09. The molecule has 5 nitrogen and oxygen atoms in total. The molecule has 0 amide bonds. The van der Waals surface area contributed by atoms with Crippen LogP contribution in [0.4, 0.5) is 0 Å². The second kappa shape index (κ2) is 5.09. The van der Waals surface area contributed by atoms with Gasteiger partial charge in [-0.15, -0.1) is 0 Å². The van der Waals surface area contributed by atoms with Crippen molar-refractivity contribution in [1.82, 2.24) is 4.98 Å². The molecule has 1 aromatic rings. The number of nitrogens with zero attached hydrogens (tertiary/aromatic N) is 1. The maximum Gasteiger partial charge on any atom is 0.313 e. The van der Waals surface area contributed by atoms with Gasteiger partial charge in [0.25, 0.3) is 0 Å². The minimum absolute atomic E-state index is 0.273. The fourth-order valence-electron chi connectivity index (χ4n) is 0.971. The molecular formula is C10H11NO4. The van der Waals surface area contributed by atoms with Gasteiger partial charge in [0.1, 0.15) is 6.42 Å². The highest BCUT2D eigenvalue weighted by Gasteiger charge is 2.12. The Morgan fingerprint density at radius 2 is 2.07 bits per heavy atom. The van der Waals surface area contributed by atoms with E-state index >= 15 is 0 Å². The van der Waals surface area contributed by atoms with Crippen LogP contribution >= 0.6 is 0 Å². The van der Waals surface area contributed by atoms with Crippen LogP contribution < -0.4 is 4.74 Å². The van der Waals surface area contributed by atoms with Crippen molar-refractivity contribution in [3.63, 3.8) is 0 Å². The van der Waals surface area contributed by atoms with Crippen molar-refractivity contribution in [2.75, 3.05) is 14.2 Å². The maximum atomic E-state index is 11.4. The van der Waals surface area contributed by atoms with Crippen LogP contribution in [0.2, 0.25) is 0 Å². The van der Waals surface area contributed by atoms with Gasteiger partial charge < -0.3 is 9.47 Å². The first-order valence-corrected chi connectivity index (χ1v) is 4.27. The van der Waals surface area contributed by atoms with Gasteiger partial charge in [0.05, 0.1) is 14.2 Å².